The van der Waals surface area contributed by atoms with Gasteiger partial charge in [-0.2, -0.15) is 13.9 Å². The Morgan fingerprint density at radius 1 is 1.10 bits per heavy atom. The average Bonchev–Trinajstić information content (AvgIpc) is 3.47. The molecule has 39 heavy (non-hydrogen) atoms. The molecule has 14 heteroatoms. The van der Waals surface area contributed by atoms with E-state index >= 15 is 0 Å². The Hall–Kier alpha value is -3.81. The predicted octanol–water partition coefficient (Wildman–Crippen LogP) is 3.55. The number of hydrogen-bond acceptors (Lipinski definition) is 6. The number of halogens is 5. The van der Waals surface area contributed by atoms with Gasteiger partial charge in [0.05, 0.1) is 23.7 Å². The zero-order valence-corrected chi connectivity index (χ0v) is 20.3. The summed E-state index contributed by atoms with van der Waals surface area (Å²) in [7, 11) is 0. The lowest BCUT2D eigenvalue weighted by Gasteiger charge is -2.42. The third-order valence-corrected chi connectivity index (χ3v) is 7.35. The number of alkyl halides is 5. The van der Waals surface area contributed by atoms with Crippen LogP contribution in [0.1, 0.15) is 31.2 Å². The van der Waals surface area contributed by atoms with E-state index in [-0.39, 0.29) is 30.0 Å². The summed E-state index contributed by atoms with van der Waals surface area (Å²) >= 11 is 0. The van der Waals surface area contributed by atoms with E-state index < -0.39 is 67.5 Å². The van der Waals surface area contributed by atoms with Gasteiger partial charge in [-0.25, -0.2) is 18.2 Å². The van der Waals surface area contributed by atoms with Crippen molar-refractivity contribution in [1.82, 2.24) is 20.1 Å². The van der Waals surface area contributed by atoms with Gasteiger partial charge in [-0.3, -0.25) is 14.7 Å². The number of aromatic nitrogens is 3. The molecular weight excluding hydrogens is 529 g/mol. The van der Waals surface area contributed by atoms with E-state index in [9.17, 15) is 36.6 Å². The van der Waals surface area contributed by atoms with Crippen molar-refractivity contribution in [3.05, 3.63) is 48.2 Å². The molecule has 1 saturated heterocycles. The van der Waals surface area contributed by atoms with Crippen molar-refractivity contribution >= 4 is 28.7 Å². The molecule has 3 heterocycles. The number of aromatic amines is 1. The number of aliphatic hydroxyl groups excluding tert-OH is 1. The Morgan fingerprint density at radius 2 is 1.79 bits per heavy atom. The van der Waals surface area contributed by atoms with E-state index in [1.165, 1.54) is 36.5 Å². The van der Waals surface area contributed by atoms with Gasteiger partial charge in [0.25, 0.3) is 5.91 Å². The molecule has 0 spiro atoms. The predicted molar refractivity (Wildman–Crippen MR) is 127 cm³/mol. The van der Waals surface area contributed by atoms with Crippen LogP contribution in [0.4, 0.5) is 27.8 Å². The second-order valence-electron chi connectivity index (χ2n) is 9.74. The highest BCUT2D eigenvalue weighted by atomic mass is 19.3. The molecule has 3 aromatic rings. The first-order valence-corrected chi connectivity index (χ1v) is 12.2. The van der Waals surface area contributed by atoms with Gasteiger partial charge in [0.15, 0.2) is 0 Å². The molecule has 2 fully saturated rings. The topological polar surface area (TPSA) is 120 Å². The van der Waals surface area contributed by atoms with Gasteiger partial charge in [0.2, 0.25) is 11.8 Å². The van der Waals surface area contributed by atoms with Crippen LogP contribution in [0.15, 0.2) is 42.6 Å². The molecular formula is C25H24F5N5O4. The Bertz CT molecular complexity index is 1360. The van der Waals surface area contributed by atoms with Crippen LogP contribution < -0.4 is 10.1 Å². The van der Waals surface area contributed by atoms with E-state index in [1.807, 2.05) is 0 Å². The first-order chi connectivity index (χ1) is 18.5. The van der Waals surface area contributed by atoms with E-state index in [0.717, 1.165) is 4.90 Å². The number of rotatable bonds is 6. The minimum absolute atomic E-state index is 0.0671. The number of ether oxygens (including phenoxy) is 1. The highest BCUT2D eigenvalue weighted by Gasteiger charge is 2.55. The summed E-state index contributed by atoms with van der Waals surface area (Å²) in [4.78, 5) is 32.3. The summed E-state index contributed by atoms with van der Waals surface area (Å²) in [5, 5.41) is 19.6. The lowest BCUT2D eigenvalue weighted by Crippen LogP contribution is -2.55. The van der Waals surface area contributed by atoms with Crippen molar-refractivity contribution in [3.8, 4) is 5.75 Å². The molecule has 3 N–H and O–H groups in total. The van der Waals surface area contributed by atoms with Gasteiger partial charge in [0.1, 0.15) is 35.4 Å². The number of H-pyrrole nitrogens is 1. The molecule has 0 radical (unpaired) electrons. The van der Waals surface area contributed by atoms with Crippen LogP contribution in [0.3, 0.4) is 0 Å². The maximum atomic E-state index is 14.8. The zero-order chi connectivity index (χ0) is 27.9. The van der Waals surface area contributed by atoms with E-state index in [2.05, 4.69) is 25.2 Å². The third kappa shape index (κ3) is 5.12. The lowest BCUT2D eigenvalue weighted by molar-refractivity contribution is -0.147. The second kappa shape index (κ2) is 10.1. The quantitative estimate of drug-likeness (QED) is 0.402. The van der Waals surface area contributed by atoms with Crippen molar-refractivity contribution in [2.75, 3.05) is 11.9 Å². The van der Waals surface area contributed by atoms with Crippen LogP contribution in [0, 0.1) is 0 Å². The molecule has 9 nitrogen and oxygen atoms in total. The fourth-order valence-electron chi connectivity index (χ4n) is 5.30. The van der Waals surface area contributed by atoms with Gasteiger partial charge < -0.3 is 20.1 Å². The SMILES string of the molecule is O=C(Nc1ccc2[nH]ncc2n1)[C@H]1[C@H](O)[C@@H](F)CN1C(=O)C1(c2ccc(OC(F)F)cc2)CCC(F)(F)CC1. The number of likely N-dealkylation sites (tertiary alicyclic amines) is 1. The minimum atomic E-state index is -3.09. The van der Waals surface area contributed by atoms with Crippen molar-refractivity contribution in [2.24, 2.45) is 0 Å². The lowest BCUT2D eigenvalue weighted by atomic mass is 9.67. The first kappa shape index (κ1) is 26.8. The van der Waals surface area contributed by atoms with Crippen LogP contribution in [-0.2, 0) is 15.0 Å². The van der Waals surface area contributed by atoms with E-state index in [4.69, 9.17) is 0 Å². The van der Waals surface area contributed by atoms with Crippen LogP contribution in [-0.4, -0.2) is 74.4 Å². The van der Waals surface area contributed by atoms with Gasteiger partial charge in [-0.1, -0.05) is 12.1 Å². The van der Waals surface area contributed by atoms with Gasteiger partial charge in [-0.15, -0.1) is 0 Å². The number of carbonyl (C=O) groups is 2. The minimum Gasteiger partial charge on any atom is -0.435 e. The van der Waals surface area contributed by atoms with Crippen molar-refractivity contribution < 1.29 is 41.4 Å². The molecule has 1 aromatic carbocycles. The Balaban J connectivity index is 1.45. The Labute approximate surface area is 218 Å². The molecule has 0 unspecified atom stereocenters. The van der Waals surface area contributed by atoms with Gasteiger partial charge in [0, 0.05) is 12.8 Å². The van der Waals surface area contributed by atoms with Crippen LogP contribution in [0.2, 0.25) is 0 Å². The monoisotopic (exact) mass is 553 g/mol. The third-order valence-electron chi connectivity index (χ3n) is 7.35. The van der Waals surface area contributed by atoms with Crippen LogP contribution in [0.5, 0.6) is 5.75 Å². The van der Waals surface area contributed by atoms with Crippen molar-refractivity contribution in [3.63, 3.8) is 0 Å². The molecule has 0 bridgehead atoms. The summed E-state index contributed by atoms with van der Waals surface area (Å²) in [6.45, 7) is -3.73. The molecule has 5 rings (SSSR count). The number of benzene rings is 1. The fraction of sp³-hybridized carbons (Fsp3) is 0.440. The molecule has 2 aromatic heterocycles. The number of pyridine rings is 1. The maximum Gasteiger partial charge on any atom is 0.387 e. The van der Waals surface area contributed by atoms with Crippen LogP contribution >= 0.6 is 0 Å². The number of carbonyl (C=O) groups excluding carboxylic acids is 2. The number of hydrogen-bond donors (Lipinski definition) is 3. The number of aliphatic hydroxyl groups is 1. The normalized spacial score (nSPS) is 24.2. The molecule has 1 saturated carbocycles. The summed E-state index contributed by atoms with van der Waals surface area (Å²) < 4.78 is 72.7. The number of fused-ring (bicyclic) bond motifs is 1. The number of anilines is 1. The summed E-state index contributed by atoms with van der Waals surface area (Å²) in [6.07, 6.45) is -4.43. The highest BCUT2D eigenvalue weighted by molar-refractivity contribution is 6.00. The number of nitrogens with zero attached hydrogens (tertiary/aromatic N) is 3. The maximum absolute atomic E-state index is 14.8. The molecule has 1 aliphatic heterocycles. The van der Waals surface area contributed by atoms with E-state index in [0.29, 0.717) is 11.0 Å². The van der Waals surface area contributed by atoms with Crippen LogP contribution in [0.25, 0.3) is 11.0 Å². The number of amides is 2. The summed E-state index contributed by atoms with van der Waals surface area (Å²) in [6, 6.07) is 6.37. The first-order valence-electron chi connectivity index (χ1n) is 12.2. The van der Waals surface area contributed by atoms with Gasteiger partial charge in [-0.05, 0) is 42.7 Å². The number of nitrogens with one attached hydrogen (secondary N) is 2. The molecule has 3 atom stereocenters. The van der Waals surface area contributed by atoms with Crippen molar-refractivity contribution in [2.45, 2.75) is 61.9 Å². The summed E-state index contributed by atoms with van der Waals surface area (Å²) in [5.41, 5.74) is -0.359. The van der Waals surface area contributed by atoms with Gasteiger partial charge >= 0.3 is 6.61 Å². The smallest absolute Gasteiger partial charge is 0.387 e. The Kier molecular flexibility index (Phi) is 6.91. The zero-order valence-electron chi connectivity index (χ0n) is 20.3. The largest absolute Gasteiger partial charge is 0.435 e. The second-order valence-corrected chi connectivity index (χ2v) is 9.74. The average molecular weight is 553 g/mol. The molecule has 208 valence electrons. The summed E-state index contributed by atoms with van der Waals surface area (Å²) in [5.74, 6) is -4.90. The standard InChI is InChI=1S/C25H24F5N5O4/c26-15-12-35(19(20(15)36)21(37)33-18-6-5-16-17(32-18)11-31-34-16)22(38)24(7-9-25(29,30)10-8-24)13-1-3-14(4-2-13)39-23(27)28/h1-6,11,15,19-20,23,36H,7-10,12H2,(H,31,34)(H,32,33,37)/t15-,19+,20+/m0/s1. The fourth-order valence-corrected chi connectivity index (χ4v) is 5.30. The Morgan fingerprint density at radius 3 is 2.46 bits per heavy atom. The van der Waals surface area contributed by atoms with E-state index in [1.54, 1.807) is 6.07 Å². The van der Waals surface area contributed by atoms with Crippen molar-refractivity contribution in [1.29, 1.82) is 0 Å². The highest BCUT2D eigenvalue weighted by Crippen LogP contribution is 2.47. The molecule has 1 aliphatic carbocycles. The molecule has 2 amide bonds. The molecule has 2 aliphatic rings.